The van der Waals surface area contributed by atoms with Crippen LogP contribution in [0.25, 0.3) is 22.3 Å². The monoisotopic (exact) mass is 766 g/mol. The summed E-state index contributed by atoms with van der Waals surface area (Å²) in [5.41, 5.74) is 11.7. The lowest BCUT2D eigenvalue weighted by molar-refractivity contribution is 0.854. The summed E-state index contributed by atoms with van der Waals surface area (Å²) in [6, 6.07) is 65.1. The number of para-hydroxylation sites is 1. The zero-order valence-corrected chi connectivity index (χ0v) is 33.5. The van der Waals surface area contributed by atoms with Crippen LogP contribution in [0.5, 0.6) is 0 Å². The minimum atomic E-state index is 0.473. The normalized spacial score (nSPS) is 13.1. The van der Waals surface area contributed by atoms with E-state index in [-0.39, 0.29) is 0 Å². The van der Waals surface area contributed by atoms with Crippen molar-refractivity contribution in [2.24, 2.45) is 0 Å². The molecule has 8 rings (SSSR count). The van der Waals surface area contributed by atoms with E-state index in [1.54, 1.807) is 17.8 Å². The number of hydrogen-bond acceptors (Lipinski definition) is 3. The van der Waals surface area contributed by atoms with Gasteiger partial charge in [-0.25, -0.2) is 0 Å². The molecule has 0 bridgehead atoms. The van der Waals surface area contributed by atoms with Gasteiger partial charge in [0, 0.05) is 44.1 Å². The molecule has 0 aliphatic heterocycles. The molecule has 0 heterocycles. The molecule has 0 spiro atoms. The van der Waals surface area contributed by atoms with Crippen LogP contribution in [0, 0.1) is 12.3 Å². The smallest absolute Gasteiger partial charge is 0.0462 e. The maximum absolute atomic E-state index is 4.90. The Morgan fingerprint density at radius 3 is 1.55 bits per heavy atom. The van der Waals surface area contributed by atoms with Gasteiger partial charge in [0.1, 0.15) is 0 Å². The van der Waals surface area contributed by atoms with Gasteiger partial charge in [-0.05, 0) is 132 Å². The van der Waals surface area contributed by atoms with Gasteiger partial charge in [0.15, 0.2) is 0 Å². The Labute approximate surface area is 348 Å². The predicted molar refractivity (Wildman–Crippen MR) is 251 cm³/mol. The van der Waals surface area contributed by atoms with Crippen molar-refractivity contribution in [3.8, 4) is 34.6 Å². The molecule has 1 N–H and O–H groups in total. The molecule has 1 atom stereocenters. The van der Waals surface area contributed by atoms with Gasteiger partial charge in [-0.15, -0.1) is 6.42 Å². The van der Waals surface area contributed by atoms with E-state index in [1.807, 2.05) is 25.2 Å². The van der Waals surface area contributed by atoms with E-state index in [0.717, 1.165) is 34.9 Å². The van der Waals surface area contributed by atoms with Gasteiger partial charge in [0.05, 0.1) is 0 Å². The molecule has 3 heteroatoms. The highest BCUT2D eigenvalue weighted by atomic mass is 32.2. The average Bonchev–Trinajstić information content (AvgIpc) is 3.30. The lowest BCUT2D eigenvalue weighted by Gasteiger charge is -2.26. The van der Waals surface area contributed by atoms with Gasteiger partial charge in [-0.2, -0.15) is 0 Å². The fraction of sp³-hybridized carbons (Fsp3) is 0.0545. The van der Waals surface area contributed by atoms with Crippen molar-refractivity contribution < 1.29 is 0 Å². The Hall–Kier alpha value is -6.99. The Kier molecular flexibility index (Phi) is 13.7. The summed E-state index contributed by atoms with van der Waals surface area (Å²) in [7, 11) is 0. The Bertz CT molecular complexity index is 2490. The van der Waals surface area contributed by atoms with Gasteiger partial charge in [-0.1, -0.05) is 157 Å². The lowest BCUT2D eigenvalue weighted by atomic mass is 9.92. The Balaban J connectivity index is 0.000000672. The molecule has 1 aliphatic rings. The zero-order chi connectivity index (χ0) is 39.8. The van der Waals surface area contributed by atoms with Crippen molar-refractivity contribution in [2.45, 2.75) is 29.1 Å². The van der Waals surface area contributed by atoms with Crippen LogP contribution in [0.15, 0.2) is 240 Å². The van der Waals surface area contributed by atoms with E-state index in [0.29, 0.717) is 5.92 Å². The molecular formula is C55H46N2S. The van der Waals surface area contributed by atoms with E-state index < -0.39 is 0 Å². The van der Waals surface area contributed by atoms with Crippen LogP contribution in [0.1, 0.15) is 24.8 Å². The Morgan fingerprint density at radius 2 is 1.03 bits per heavy atom. The fourth-order valence-corrected chi connectivity index (χ4v) is 7.57. The third kappa shape index (κ3) is 10.6. The second-order valence-electron chi connectivity index (χ2n) is 13.7. The number of allylic oxidation sites excluding steroid dienone is 8. The zero-order valence-electron chi connectivity index (χ0n) is 32.7. The first-order valence-electron chi connectivity index (χ1n) is 19.6. The molecule has 58 heavy (non-hydrogen) atoms. The molecule has 0 saturated heterocycles. The molecule has 7 aromatic carbocycles. The van der Waals surface area contributed by atoms with E-state index in [2.05, 4.69) is 222 Å². The van der Waals surface area contributed by atoms with Crippen LogP contribution in [0.2, 0.25) is 0 Å². The molecule has 0 fully saturated rings. The first-order chi connectivity index (χ1) is 28.7. The van der Waals surface area contributed by atoms with Crippen molar-refractivity contribution in [3.63, 3.8) is 0 Å². The van der Waals surface area contributed by atoms with E-state index >= 15 is 0 Å². The molecule has 1 unspecified atom stereocenters. The standard InChI is InChI=1S/C48H38N2S.C7H8/c1-4-10-36(11-5-1)38-16-24-42(25-17-38)49-43-26-34-48(35-27-43)51-47-32-22-41(23-33-47)40-20-30-46(31-21-40)50(44-14-8-3-9-15-44)45-28-18-39(19-29-45)37-12-6-2-7-13-37;1-3-5-7-6-4-2/h1-10,12-36,49H,11H2;1,4-7H,2H3/b;6-4-,7-5-. The minimum absolute atomic E-state index is 0.473. The molecule has 7 aromatic rings. The predicted octanol–water partition coefficient (Wildman–Crippen LogP) is 15.7. The number of rotatable bonds is 11. The summed E-state index contributed by atoms with van der Waals surface area (Å²) in [4.78, 5) is 4.73. The summed E-state index contributed by atoms with van der Waals surface area (Å²) >= 11 is 1.78. The van der Waals surface area contributed by atoms with Gasteiger partial charge >= 0.3 is 0 Å². The molecule has 0 aromatic heterocycles. The van der Waals surface area contributed by atoms with Crippen molar-refractivity contribution in [3.05, 3.63) is 236 Å². The van der Waals surface area contributed by atoms with Crippen molar-refractivity contribution >= 4 is 40.2 Å². The molecule has 282 valence electrons. The van der Waals surface area contributed by atoms with Gasteiger partial charge in [-0.3, -0.25) is 0 Å². The number of terminal acetylenes is 1. The van der Waals surface area contributed by atoms with Crippen LogP contribution >= 0.6 is 11.8 Å². The first kappa shape index (κ1) is 39.3. The van der Waals surface area contributed by atoms with Crippen LogP contribution in [0.4, 0.5) is 28.4 Å². The van der Waals surface area contributed by atoms with Crippen LogP contribution in [0.3, 0.4) is 0 Å². The summed E-state index contributed by atoms with van der Waals surface area (Å²) in [5, 5.41) is 3.54. The highest BCUT2D eigenvalue weighted by Gasteiger charge is 2.13. The maximum Gasteiger partial charge on any atom is 0.0462 e. The van der Waals surface area contributed by atoms with E-state index in [4.69, 9.17) is 6.42 Å². The van der Waals surface area contributed by atoms with E-state index in [9.17, 15) is 0 Å². The van der Waals surface area contributed by atoms with Crippen LogP contribution in [-0.2, 0) is 0 Å². The van der Waals surface area contributed by atoms with Crippen molar-refractivity contribution in [2.75, 3.05) is 10.2 Å². The van der Waals surface area contributed by atoms with Gasteiger partial charge in [0.25, 0.3) is 0 Å². The fourth-order valence-electron chi connectivity index (χ4n) is 6.75. The quantitative estimate of drug-likeness (QED) is 0.104. The summed E-state index contributed by atoms with van der Waals surface area (Å²) in [5.74, 6) is 2.84. The largest absolute Gasteiger partial charge is 0.356 e. The molecule has 0 radical (unpaired) electrons. The lowest BCUT2D eigenvalue weighted by Crippen LogP contribution is -2.09. The number of nitrogens with zero attached hydrogens (tertiary/aromatic N) is 1. The van der Waals surface area contributed by atoms with Crippen molar-refractivity contribution in [1.29, 1.82) is 0 Å². The molecular weight excluding hydrogens is 721 g/mol. The summed E-state index contributed by atoms with van der Waals surface area (Å²) in [6.07, 6.45) is 22.0. The highest BCUT2D eigenvalue weighted by molar-refractivity contribution is 7.99. The van der Waals surface area contributed by atoms with Crippen LogP contribution in [-0.4, -0.2) is 0 Å². The molecule has 0 amide bonds. The van der Waals surface area contributed by atoms with Gasteiger partial charge < -0.3 is 10.2 Å². The SMILES string of the molecule is C#C/C=C\C=C/C.C1=CCC(c2ccc(Nc3ccc(Sc4ccc(-c5ccc(N(c6ccccc6)c6ccc(-c7ccccc7)cc6)cc5)cc4)cc3)cc2)C=C1. The van der Waals surface area contributed by atoms with Crippen molar-refractivity contribution in [1.82, 2.24) is 0 Å². The summed E-state index contributed by atoms with van der Waals surface area (Å²) in [6.45, 7) is 1.95. The second-order valence-corrected chi connectivity index (χ2v) is 14.9. The van der Waals surface area contributed by atoms with Gasteiger partial charge in [0.2, 0.25) is 0 Å². The van der Waals surface area contributed by atoms with E-state index in [1.165, 1.54) is 37.6 Å². The van der Waals surface area contributed by atoms with Crippen LogP contribution < -0.4 is 10.2 Å². The average molecular weight is 767 g/mol. The molecule has 2 nitrogen and oxygen atoms in total. The Morgan fingerprint density at radius 1 is 0.552 bits per heavy atom. The third-order valence-corrected chi connectivity index (χ3v) is 10.8. The molecule has 1 aliphatic carbocycles. The third-order valence-electron chi connectivity index (χ3n) is 9.75. The number of nitrogens with one attached hydrogen (secondary N) is 1. The number of hydrogen-bond donors (Lipinski definition) is 1. The topological polar surface area (TPSA) is 15.3 Å². The highest BCUT2D eigenvalue weighted by Crippen LogP contribution is 2.37. The second kappa shape index (κ2) is 20.3. The summed E-state index contributed by atoms with van der Waals surface area (Å²) < 4.78 is 0. The first-order valence-corrected chi connectivity index (χ1v) is 20.4. The number of anilines is 5. The maximum atomic E-state index is 4.90. The number of benzene rings is 7. The minimum Gasteiger partial charge on any atom is -0.356 e. The molecule has 0 saturated carbocycles.